The Bertz CT molecular complexity index is 573. The van der Waals surface area contributed by atoms with Crippen LogP contribution in [0, 0.1) is 11.6 Å². The monoisotopic (exact) mass is 311 g/mol. The van der Waals surface area contributed by atoms with Gasteiger partial charge in [-0.3, -0.25) is 0 Å². The van der Waals surface area contributed by atoms with Crippen LogP contribution >= 0.6 is 11.3 Å². The van der Waals surface area contributed by atoms with Gasteiger partial charge in [-0.1, -0.05) is 6.92 Å². The molecule has 0 aliphatic heterocycles. The largest absolute Gasteiger partial charge is 0.368 e. The van der Waals surface area contributed by atoms with E-state index >= 15 is 0 Å². The lowest BCUT2D eigenvalue weighted by Gasteiger charge is -2.16. The summed E-state index contributed by atoms with van der Waals surface area (Å²) >= 11 is 1.63. The number of hydrogen-bond donors (Lipinski definition) is 2. The van der Waals surface area contributed by atoms with Crippen molar-refractivity contribution in [1.29, 1.82) is 0 Å². The number of pyridine rings is 1. The van der Waals surface area contributed by atoms with Crippen molar-refractivity contribution in [2.75, 3.05) is 17.2 Å². The highest BCUT2D eigenvalue weighted by Crippen LogP contribution is 2.20. The normalized spacial score (nSPS) is 12.2. The van der Waals surface area contributed by atoms with Crippen molar-refractivity contribution in [3.63, 3.8) is 0 Å². The van der Waals surface area contributed by atoms with Crippen molar-refractivity contribution < 1.29 is 8.78 Å². The molecule has 0 aliphatic carbocycles. The summed E-state index contributed by atoms with van der Waals surface area (Å²) in [6.07, 6.45) is 1.61. The van der Waals surface area contributed by atoms with Crippen LogP contribution in [0.4, 0.5) is 20.4 Å². The van der Waals surface area contributed by atoms with Crippen molar-refractivity contribution in [3.8, 4) is 0 Å². The Morgan fingerprint density at radius 1 is 1.29 bits per heavy atom. The Hall–Kier alpha value is -1.69. The molecule has 0 spiro atoms. The van der Waals surface area contributed by atoms with E-state index < -0.39 is 11.6 Å². The molecule has 0 aliphatic rings. The summed E-state index contributed by atoms with van der Waals surface area (Å²) in [5.41, 5.74) is 1.19. The highest BCUT2D eigenvalue weighted by Gasteiger charge is 2.14. The van der Waals surface area contributed by atoms with Crippen LogP contribution in [0.2, 0.25) is 0 Å². The molecular weight excluding hydrogens is 292 g/mol. The Balaban J connectivity index is 2.07. The molecule has 0 saturated carbocycles. The van der Waals surface area contributed by atoms with Crippen LogP contribution in [-0.4, -0.2) is 17.6 Å². The van der Waals surface area contributed by atoms with Gasteiger partial charge in [0.2, 0.25) is 0 Å². The predicted molar refractivity (Wildman–Crippen MR) is 84.0 cm³/mol. The van der Waals surface area contributed by atoms with E-state index in [1.165, 1.54) is 5.56 Å². The fourth-order valence-electron chi connectivity index (χ4n) is 1.98. The van der Waals surface area contributed by atoms with E-state index in [9.17, 15) is 8.78 Å². The number of hydrogen-bond acceptors (Lipinski definition) is 4. The van der Waals surface area contributed by atoms with Crippen LogP contribution in [0.25, 0.3) is 0 Å². The van der Waals surface area contributed by atoms with E-state index in [1.807, 2.05) is 25.3 Å². The summed E-state index contributed by atoms with van der Waals surface area (Å²) < 4.78 is 27.4. The number of aromatic nitrogens is 1. The smallest absolute Gasteiger partial charge is 0.168 e. The molecule has 3 nitrogen and oxygen atoms in total. The first-order valence-corrected chi connectivity index (χ1v) is 7.92. The minimum Gasteiger partial charge on any atom is -0.368 e. The number of rotatable bonds is 7. The molecule has 6 heteroatoms. The van der Waals surface area contributed by atoms with Gasteiger partial charge >= 0.3 is 0 Å². The van der Waals surface area contributed by atoms with Gasteiger partial charge in [-0.15, -0.1) is 0 Å². The van der Waals surface area contributed by atoms with Gasteiger partial charge in [0.1, 0.15) is 0 Å². The average Bonchev–Trinajstić information content (AvgIpc) is 2.93. The summed E-state index contributed by atoms with van der Waals surface area (Å²) in [6, 6.07) is 2.90. The first-order valence-electron chi connectivity index (χ1n) is 6.97. The molecule has 0 bridgehead atoms. The third-order valence-electron chi connectivity index (χ3n) is 2.98. The van der Waals surface area contributed by atoms with E-state index in [0.29, 0.717) is 6.54 Å². The second kappa shape index (κ2) is 7.36. The van der Waals surface area contributed by atoms with Crippen molar-refractivity contribution >= 4 is 23.0 Å². The summed E-state index contributed by atoms with van der Waals surface area (Å²) in [5.74, 6) is -1.18. The molecule has 0 amide bonds. The molecule has 2 aromatic rings. The Labute approximate surface area is 127 Å². The third kappa shape index (κ3) is 4.39. The molecule has 0 radical (unpaired) electrons. The zero-order valence-corrected chi connectivity index (χ0v) is 12.9. The molecule has 0 saturated heterocycles. The molecule has 0 fully saturated rings. The highest BCUT2D eigenvalue weighted by molar-refractivity contribution is 7.07. The van der Waals surface area contributed by atoms with Crippen molar-refractivity contribution in [2.24, 2.45) is 0 Å². The summed E-state index contributed by atoms with van der Waals surface area (Å²) in [6.45, 7) is 4.51. The Kier molecular flexibility index (Phi) is 5.50. The average molecular weight is 311 g/mol. The first-order chi connectivity index (χ1) is 10.1. The van der Waals surface area contributed by atoms with Crippen LogP contribution in [0.3, 0.4) is 0 Å². The molecule has 1 unspecified atom stereocenters. The molecule has 2 heterocycles. The van der Waals surface area contributed by atoms with Crippen LogP contribution in [0.15, 0.2) is 22.9 Å². The Morgan fingerprint density at radius 3 is 2.71 bits per heavy atom. The molecule has 2 aromatic heterocycles. The minimum absolute atomic E-state index is 0.00564. The maximum atomic E-state index is 13.8. The molecule has 2 N–H and O–H groups in total. The molecular formula is C15H19F2N3S. The highest BCUT2D eigenvalue weighted by atomic mass is 32.1. The quantitative estimate of drug-likeness (QED) is 0.801. The van der Waals surface area contributed by atoms with E-state index in [1.54, 1.807) is 11.3 Å². The molecule has 1 atom stereocenters. The van der Waals surface area contributed by atoms with Crippen LogP contribution in [0.1, 0.15) is 25.8 Å². The summed E-state index contributed by atoms with van der Waals surface area (Å²) in [7, 11) is 0. The van der Waals surface area contributed by atoms with Gasteiger partial charge in [0.25, 0.3) is 0 Å². The van der Waals surface area contributed by atoms with Gasteiger partial charge in [0.05, 0.1) is 0 Å². The Morgan fingerprint density at radius 2 is 2.05 bits per heavy atom. The van der Waals surface area contributed by atoms with Gasteiger partial charge < -0.3 is 10.6 Å². The zero-order valence-electron chi connectivity index (χ0n) is 12.1. The lowest BCUT2D eigenvalue weighted by atomic mass is 10.1. The third-order valence-corrected chi connectivity index (χ3v) is 3.71. The lowest BCUT2D eigenvalue weighted by Crippen LogP contribution is -2.20. The number of nitrogens with zero attached hydrogens (tertiary/aromatic N) is 1. The van der Waals surface area contributed by atoms with Gasteiger partial charge in [-0.05, 0) is 42.2 Å². The fraction of sp³-hybridized carbons (Fsp3) is 0.400. The van der Waals surface area contributed by atoms with Gasteiger partial charge in [0.15, 0.2) is 23.3 Å². The number of anilines is 2. The topological polar surface area (TPSA) is 37.0 Å². The van der Waals surface area contributed by atoms with Gasteiger partial charge in [-0.2, -0.15) is 11.3 Å². The van der Waals surface area contributed by atoms with E-state index in [2.05, 4.69) is 21.0 Å². The summed E-state index contributed by atoms with van der Waals surface area (Å²) in [5, 5.41) is 9.92. The SMILES string of the molecule is CCCNc1nc(NC(C)Cc2ccsc2)c(F)cc1F. The maximum absolute atomic E-state index is 13.8. The minimum atomic E-state index is -0.674. The van der Waals surface area contributed by atoms with E-state index in [0.717, 1.165) is 18.9 Å². The summed E-state index contributed by atoms with van der Waals surface area (Å²) in [4.78, 5) is 4.01. The first kappa shape index (κ1) is 15.7. The maximum Gasteiger partial charge on any atom is 0.168 e. The van der Waals surface area contributed by atoms with Gasteiger partial charge in [-0.25, -0.2) is 13.8 Å². The van der Waals surface area contributed by atoms with Crippen LogP contribution in [-0.2, 0) is 6.42 Å². The van der Waals surface area contributed by atoms with Crippen molar-refractivity contribution in [1.82, 2.24) is 4.98 Å². The molecule has 114 valence electrons. The lowest BCUT2D eigenvalue weighted by molar-refractivity contribution is 0.575. The number of nitrogens with one attached hydrogen (secondary N) is 2. The van der Waals surface area contributed by atoms with E-state index in [4.69, 9.17) is 0 Å². The fourth-order valence-corrected chi connectivity index (χ4v) is 2.66. The number of halogens is 2. The second-order valence-electron chi connectivity index (χ2n) is 4.96. The number of thiophene rings is 1. The molecule has 2 rings (SSSR count). The zero-order chi connectivity index (χ0) is 15.2. The molecule has 0 aromatic carbocycles. The predicted octanol–water partition coefficient (Wildman–Crippen LogP) is 4.29. The van der Waals surface area contributed by atoms with Crippen LogP contribution in [0.5, 0.6) is 0 Å². The van der Waals surface area contributed by atoms with E-state index in [-0.39, 0.29) is 17.7 Å². The molecule has 21 heavy (non-hydrogen) atoms. The standard InChI is InChI=1S/C15H19F2N3S/c1-3-5-18-14-12(16)8-13(17)15(20-14)19-10(2)7-11-4-6-21-9-11/h4,6,8-10H,3,5,7H2,1-2H3,(H2,18,19,20). The van der Waals surface area contributed by atoms with Gasteiger partial charge in [0, 0.05) is 18.7 Å². The van der Waals surface area contributed by atoms with Crippen molar-refractivity contribution in [2.45, 2.75) is 32.7 Å². The second-order valence-corrected chi connectivity index (χ2v) is 5.74. The van der Waals surface area contributed by atoms with Crippen molar-refractivity contribution in [3.05, 3.63) is 40.1 Å². The van der Waals surface area contributed by atoms with Crippen LogP contribution < -0.4 is 10.6 Å².